The fraction of sp³-hybridized carbons (Fsp3) is 0.250. The van der Waals surface area contributed by atoms with E-state index in [0.717, 1.165) is 11.4 Å². The molecule has 2 aromatic rings. The van der Waals surface area contributed by atoms with Crippen LogP contribution in [0.1, 0.15) is 11.4 Å². The normalized spacial score (nSPS) is 11.6. The van der Waals surface area contributed by atoms with Crippen LogP contribution < -0.4 is 9.88 Å². The molecule has 2 N–H and O–H groups in total. The highest BCUT2D eigenvalue weighted by molar-refractivity contribution is 7.89. The van der Waals surface area contributed by atoms with Crippen LogP contribution in [0.4, 0.5) is 0 Å². The molecule has 0 bridgehead atoms. The zero-order chi connectivity index (χ0) is 14.9. The Morgan fingerprint density at radius 2 is 2.10 bits per heavy atom. The fourth-order valence-corrected chi connectivity index (χ4v) is 2.71. The SMILES string of the molecule is Cc1cc(COc2ccc(Cl)cc2S(N)(=O)=O)n(C)n1. The van der Waals surface area contributed by atoms with Crippen molar-refractivity contribution in [2.45, 2.75) is 18.4 Å². The van der Waals surface area contributed by atoms with Gasteiger partial charge in [-0.15, -0.1) is 0 Å². The van der Waals surface area contributed by atoms with Crippen molar-refractivity contribution in [1.29, 1.82) is 0 Å². The number of benzene rings is 1. The zero-order valence-electron chi connectivity index (χ0n) is 11.0. The summed E-state index contributed by atoms with van der Waals surface area (Å²) in [6.07, 6.45) is 0. The Morgan fingerprint density at radius 1 is 1.40 bits per heavy atom. The second-order valence-electron chi connectivity index (χ2n) is 4.33. The van der Waals surface area contributed by atoms with E-state index in [-0.39, 0.29) is 22.3 Å². The number of halogens is 1. The monoisotopic (exact) mass is 315 g/mol. The Hall–Kier alpha value is -1.57. The molecule has 2 rings (SSSR count). The number of hydrogen-bond donors (Lipinski definition) is 1. The van der Waals surface area contributed by atoms with Gasteiger partial charge in [-0.05, 0) is 31.2 Å². The van der Waals surface area contributed by atoms with Crippen LogP contribution >= 0.6 is 11.6 Å². The second kappa shape index (κ2) is 5.43. The molecular weight excluding hydrogens is 302 g/mol. The van der Waals surface area contributed by atoms with Crippen LogP contribution in [0.5, 0.6) is 5.75 Å². The fourth-order valence-electron chi connectivity index (χ4n) is 1.77. The maximum atomic E-state index is 11.5. The smallest absolute Gasteiger partial charge is 0.241 e. The first-order valence-electron chi connectivity index (χ1n) is 5.72. The molecule has 0 aliphatic rings. The van der Waals surface area contributed by atoms with E-state index in [1.54, 1.807) is 17.8 Å². The number of aromatic nitrogens is 2. The lowest BCUT2D eigenvalue weighted by Gasteiger charge is -2.10. The van der Waals surface area contributed by atoms with E-state index < -0.39 is 10.0 Å². The van der Waals surface area contributed by atoms with Gasteiger partial charge in [0, 0.05) is 12.1 Å². The number of ether oxygens (including phenoxy) is 1. The number of nitrogens with zero attached hydrogens (tertiary/aromatic N) is 2. The predicted octanol–water partition coefficient (Wildman–Crippen LogP) is 1.61. The van der Waals surface area contributed by atoms with Gasteiger partial charge in [-0.2, -0.15) is 5.10 Å². The lowest BCUT2D eigenvalue weighted by molar-refractivity contribution is 0.287. The molecule has 6 nitrogen and oxygen atoms in total. The molecule has 1 aromatic heterocycles. The highest BCUT2D eigenvalue weighted by Crippen LogP contribution is 2.27. The maximum absolute atomic E-state index is 11.5. The molecular formula is C12H14ClN3O3S. The maximum Gasteiger partial charge on any atom is 0.241 e. The largest absolute Gasteiger partial charge is 0.486 e. The second-order valence-corrected chi connectivity index (χ2v) is 6.29. The molecule has 0 amide bonds. The van der Waals surface area contributed by atoms with Crippen molar-refractivity contribution in [1.82, 2.24) is 9.78 Å². The third-order valence-electron chi connectivity index (χ3n) is 2.69. The lowest BCUT2D eigenvalue weighted by atomic mass is 10.3. The van der Waals surface area contributed by atoms with Crippen LogP contribution in [0.3, 0.4) is 0 Å². The molecule has 20 heavy (non-hydrogen) atoms. The Kier molecular flexibility index (Phi) is 4.03. The number of nitrogens with two attached hydrogens (primary N) is 1. The summed E-state index contributed by atoms with van der Waals surface area (Å²) in [6, 6.07) is 6.14. The predicted molar refractivity (Wildman–Crippen MR) is 75.1 cm³/mol. The summed E-state index contributed by atoms with van der Waals surface area (Å²) in [5.41, 5.74) is 1.67. The van der Waals surface area contributed by atoms with Gasteiger partial charge in [0.05, 0.1) is 11.4 Å². The van der Waals surface area contributed by atoms with Gasteiger partial charge in [0.15, 0.2) is 0 Å². The van der Waals surface area contributed by atoms with E-state index in [0.29, 0.717) is 0 Å². The van der Waals surface area contributed by atoms with Gasteiger partial charge in [0.1, 0.15) is 17.3 Å². The van der Waals surface area contributed by atoms with Crippen LogP contribution in [0.25, 0.3) is 0 Å². The van der Waals surface area contributed by atoms with Gasteiger partial charge in [-0.3, -0.25) is 4.68 Å². The Morgan fingerprint density at radius 3 is 2.65 bits per heavy atom. The molecule has 0 saturated heterocycles. The minimum atomic E-state index is -3.90. The van der Waals surface area contributed by atoms with Crippen LogP contribution in [0.15, 0.2) is 29.2 Å². The molecule has 0 unspecified atom stereocenters. The Labute approximate surface area is 122 Å². The van der Waals surface area contributed by atoms with Gasteiger partial charge >= 0.3 is 0 Å². The van der Waals surface area contributed by atoms with Gasteiger partial charge in [0.2, 0.25) is 10.0 Å². The van der Waals surface area contributed by atoms with E-state index in [9.17, 15) is 8.42 Å². The van der Waals surface area contributed by atoms with E-state index in [1.165, 1.54) is 12.1 Å². The van der Waals surface area contributed by atoms with Gasteiger partial charge < -0.3 is 4.74 Å². The highest BCUT2D eigenvalue weighted by atomic mass is 35.5. The first-order valence-corrected chi connectivity index (χ1v) is 7.64. The van der Waals surface area contributed by atoms with E-state index in [2.05, 4.69) is 5.10 Å². The summed E-state index contributed by atoms with van der Waals surface area (Å²) in [6.45, 7) is 2.04. The number of aryl methyl sites for hydroxylation is 2. The number of sulfonamides is 1. The van der Waals surface area contributed by atoms with Crippen molar-refractivity contribution >= 4 is 21.6 Å². The van der Waals surface area contributed by atoms with Crippen molar-refractivity contribution in [3.8, 4) is 5.75 Å². The average molecular weight is 316 g/mol. The molecule has 0 radical (unpaired) electrons. The third kappa shape index (κ3) is 3.30. The van der Waals surface area contributed by atoms with Gasteiger partial charge in [0.25, 0.3) is 0 Å². The molecule has 1 heterocycles. The summed E-state index contributed by atoms with van der Waals surface area (Å²) < 4.78 is 30.2. The minimum absolute atomic E-state index is 0.135. The van der Waals surface area contributed by atoms with Crippen molar-refractivity contribution in [2.24, 2.45) is 12.2 Å². The summed E-state index contributed by atoms with van der Waals surface area (Å²) in [5.74, 6) is 0.163. The lowest BCUT2D eigenvalue weighted by Crippen LogP contribution is -2.14. The number of primary sulfonamides is 1. The molecule has 0 fully saturated rings. The summed E-state index contributed by atoms with van der Waals surface area (Å²) in [5, 5.41) is 9.60. The zero-order valence-corrected chi connectivity index (χ0v) is 12.6. The molecule has 0 aliphatic heterocycles. The first kappa shape index (κ1) is 14.8. The van der Waals surface area contributed by atoms with Gasteiger partial charge in [-0.1, -0.05) is 11.6 Å². The van der Waals surface area contributed by atoms with Crippen molar-refractivity contribution in [3.63, 3.8) is 0 Å². The molecule has 0 saturated carbocycles. The molecule has 108 valence electrons. The third-order valence-corrected chi connectivity index (χ3v) is 3.85. The summed E-state index contributed by atoms with van der Waals surface area (Å²) in [4.78, 5) is -0.135. The molecule has 8 heteroatoms. The molecule has 0 aliphatic carbocycles. The van der Waals surface area contributed by atoms with Crippen molar-refractivity contribution in [2.75, 3.05) is 0 Å². The van der Waals surface area contributed by atoms with Crippen LogP contribution in [0, 0.1) is 6.92 Å². The van der Waals surface area contributed by atoms with Gasteiger partial charge in [-0.25, -0.2) is 13.6 Å². The van der Waals surface area contributed by atoms with E-state index >= 15 is 0 Å². The average Bonchev–Trinajstić information content (AvgIpc) is 2.65. The molecule has 1 aromatic carbocycles. The Balaban J connectivity index is 2.28. The molecule has 0 spiro atoms. The minimum Gasteiger partial charge on any atom is -0.486 e. The molecule has 0 atom stereocenters. The summed E-state index contributed by atoms with van der Waals surface area (Å²) in [7, 11) is -2.11. The van der Waals surface area contributed by atoms with E-state index in [1.807, 2.05) is 13.0 Å². The Bertz CT molecular complexity index is 740. The van der Waals surface area contributed by atoms with Crippen molar-refractivity contribution in [3.05, 3.63) is 40.7 Å². The highest BCUT2D eigenvalue weighted by Gasteiger charge is 2.16. The quantitative estimate of drug-likeness (QED) is 0.928. The van der Waals surface area contributed by atoms with E-state index in [4.69, 9.17) is 21.5 Å². The summed E-state index contributed by atoms with van der Waals surface area (Å²) >= 11 is 5.78. The first-order chi connectivity index (χ1) is 9.27. The number of rotatable bonds is 4. The van der Waals surface area contributed by atoms with Crippen LogP contribution in [0.2, 0.25) is 5.02 Å². The van der Waals surface area contributed by atoms with Crippen LogP contribution in [-0.2, 0) is 23.7 Å². The van der Waals surface area contributed by atoms with Crippen LogP contribution in [-0.4, -0.2) is 18.2 Å². The van der Waals surface area contributed by atoms with Crippen molar-refractivity contribution < 1.29 is 13.2 Å². The topological polar surface area (TPSA) is 87.2 Å². The number of hydrogen-bond acceptors (Lipinski definition) is 4. The standard InChI is InChI=1S/C12H14ClN3O3S/c1-8-5-10(16(2)15-8)7-19-11-4-3-9(13)6-12(11)20(14,17)18/h3-6H,7H2,1-2H3,(H2,14,17,18).